The number of ketones is 1. The van der Waals surface area contributed by atoms with Crippen molar-refractivity contribution in [3.63, 3.8) is 0 Å². The lowest BCUT2D eigenvalue weighted by Gasteiger charge is -2.20. The van der Waals surface area contributed by atoms with E-state index in [4.69, 9.17) is 14.2 Å². The molecule has 0 aromatic heterocycles. The fraction of sp³-hybridized carbons (Fsp3) is 0.167. The van der Waals surface area contributed by atoms with Crippen molar-refractivity contribution in [3.05, 3.63) is 59.2 Å². The molecule has 4 rings (SSSR count). The highest BCUT2D eigenvalue weighted by molar-refractivity contribution is 6.14. The Balaban J connectivity index is 1.68. The first kappa shape index (κ1) is 13.0. The number of ether oxygens (including phenoxy) is 3. The van der Waals surface area contributed by atoms with Gasteiger partial charge in [-0.25, -0.2) is 0 Å². The van der Waals surface area contributed by atoms with E-state index in [-0.39, 0.29) is 12.4 Å². The van der Waals surface area contributed by atoms with Crippen molar-refractivity contribution in [1.82, 2.24) is 0 Å². The Labute approximate surface area is 127 Å². The van der Waals surface area contributed by atoms with Crippen LogP contribution in [0.1, 0.15) is 15.9 Å². The molecule has 0 aliphatic carbocycles. The molecule has 2 aliphatic rings. The van der Waals surface area contributed by atoms with Gasteiger partial charge in [0.25, 0.3) is 0 Å². The predicted molar refractivity (Wildman–Crippen MR) is 81.7 cm³/mol. The number of para-hydroxylation sites is 1. The molecule has 0 radical (unpaired) electrons. The number of hydrogen-bond donors (Lipinski definition) is 0. The minimum atomic E-state index is 0.0109. The average molecular weight is 294 g/mol. The standard InChI is InChI=1S/C18H14O4/c19-18-13(11-22-15-4-2-1-3-14(15)18)9-12-5-6-16-17(10-12)21-8-7-20-16/h1-6,9-10H,7-8,11H2. The van der Waals surface area contributed by atoms with E-state index in [1.54, 1.807) is 6.07 Å². The van der Waals surface area contributed by atoms with Crippen molar-refractivity contribution >= 4 is 11.9 Å². The van der Waals surface area contributed by atoms with Gasteiger partial charge in [-0.3, -0.25) is 4.79 Å². The maximum atomic E-state index is 12.5. The van der Waals surface area contributed by atoms with Gasteiger partial charge in [0.15, 0.2) is 17.3 Å². The molecule has 0 saturated carbocycles. The molecule has 0 fully saturated rings. The third kappa shape index (κ3) is 2.22. The number of rotatable bonds is 1. The van der Waals surface area contributed by atoms with Crippen LogP contribution in [0.4, 0.5) is 0 Å². The Morgan fingerprint density at radius 1 is 0.864 bits per heavy atom. The fourth-order valence-corrected chi connectivity index (χ4v) is 2.63. The number of fused-ring (bicyclic) bond motifs is 2. The Morgan fingerprint density at radius 2 is 1.68 bits per heavy atom. The number of Topliss-reactive ketones (excluding diaryl/α,β-unsaturated/α-hetero) is 1. The van der Waals surface area contributed by atoms with Gasteiger partial charge in [-0.15, -0.1) is 0 Å². The van der Waals surface area contributed by atoms with Gasteiger partial charge in [0.2, 0.25) is 0 Å². The Bertz CT molecular complexity index is 776. The van der Waals surface area contributed by atoms with Crippen LogP contribution in [0, 0.1) is 0 Å². The lowest BCUT2D eigenvalue weighted by Crippen LogP contribution is -2.19. The minimum Gasteiger partial charge on any atom is -0.488 e. The molecule has 0 spiro atoms. The SMILES string of the molecule is O=C1C(=Cc2ccc3c(c2)OCCO3)COc2ccccc21. The second-order valence-electron chi connectivity index (χ2n) is 5.19. The molecule has 0 N–H and O–H groups in total. The molecule has 2 aromatic rings. The third-order valence-electron chi connectivity index (χ3n) is 3.71. The lowest BCUT2D eigenvalue weighted by atomic mass is 9.98. The zero-order valence-electron chi connectivity index (χ0n) is 11.9. The second kappa shape index (κ2) is 5.22. The summed E-state index contributed by atoms with van der Waals surface area (Å²) in [6.07, 6.45) is 1.84. The molecular formula is C18H14O4. The molecular weight excluding hydrogens is 280 g/mol. The van der Waals surface area contributed by atoms with Gasteiger partial charge in [-0.2, -0.15) is 0 Å². The van der Waals surface area contributed by atoms with Crippen molar-refractivity contribution in [1.29, 1.82) is 0 Å². The van der Waals surface area contributed by atoms with Gasteiger partial charge in [-0.1, -0.05) is 18.2 Å². The quantitative estimate of drug-likeness (QED) is 0.758. The molecule has 2 aromatic carbocycles. The summed E-state index contributed by atoms with van der Waals surface area (Å²) in [6, 6.07) is 13.0. The average Bonchev–Trinajstić information content (AvgIpc) is 2.57. The van der Waals surface area contributed by atoms with Gasteiger partial charge in [0.1, 0.15) is 25.6 Å². The molecule has 22 heavy (non-hydrogen) atoms. The highest BCUT2D eigenvalue weighted by atomic mass is 16.6. The van der Waals surface area contributed by atoms with Crippen molar-refractivity contribution in [3.8, 4) is 17.2 Å². The largest absolute Gasteiger partial charge is 0.488 e. The topological polar surface area (TPSA) is 44.8 Å². The van der Waals surface area contributed by atoms with Gasteiger partial charge in [0, 0.05) is 5.57 Å². The zero-order valence-corrected chi connectivity index (χ0v) is 11.9. The summed E-state index contributed by atoms with van der Waals surface area (Å²) in [5.74, 6) is 2.11. The Morgan fingerprint density at radius 3 is 2.59 bits per heavy atom. The van der Waals surface area contributed by atoms with Gasteiger partial charge < -0.3 is 14.2 Å². The molecule has 4 nitrogen and oxygen atoms in total. The maximum Gasteiger partial charge on any atom is 0.196 e. The second-order valence-corrected chi connectivity index (χ2v) is 5.19. The first-order valence-electron chi connectivity index (χ1n) is 7.18. The van der Waals surface area contributed by atoms with Crippen molar-refractivity contribution in [2.75, 3.05) is 19.8 Å². The highest BCUT2D eigenvalue weighted by Gasteiger charge is 2.22. The zero-order chi connectivity index (χ0) is 14.9. The van der Waals surface area contributed by atoms with E-state index < -0.39 is 0 Å². The van der Waals surface area contributed by atoms with E-state index in [9.17, 15) is 4.79 Å². The summed E-state index contributed by atoms with van der Waals surface area (Å²) in [7, 11) is 0. The molecule has 0 amide bonds. The Hall–Kier alpha value is -2.75. The van der Waals surface area contributed by atoms with Crippen LogP contribution < -0.4 is 14.2 Å². The monoisotopic (exact) mass is 294 g/mol. The summed E-state index contributed by atoms with van der Waals surface area (Å²) in [6.45, 7) is 1.39. The molecule has 110 valence electrons. The van der Waals surface area contributed by atoms with E-state index in [2.05, 4.69) is 0 Å². The molecule has 0 atom stereocenters. The number of benzene rings is 2. The number of hydrogen-bond acceptors (Lipinski definition) is 4. The van der Waals surface area contributed by atoms with Crippen LogP contribution in [-0.4, -0.2) is 25.6 Å². The van der Waals surface area contributed by atoms with Gasteiger partial charge >= 0.3 is 0 Å². The van der Waals surface area contributed by atoms with E-state index in [0.29, 0.717) is 35.8 Å². The van der Waals surface area contributed by atoms with Gasteiger partial charge in [0.05, 0.1) is 5.56 Å². The van der Waals surface area contributed by atoms with Crippen LogP contribution in [0.2, 0.25) is 0 Å². The predicted octanol–water partition coefficient (Wildman–Crippen LogP) is 3.12. The number of carbonyl (C=O) groups excluding carboxylic acids is 1. The van der Waals surface area contributed by atoms with E-state index >= 15 is 0 Å². The molecule has 4 heteroatoms. The van der Waals surface area contributed by atoms with Crippen LogP contribution in [0.5, 0.6) is 17.2 Å². The minimum absolute atomic E-state index is 0.0109. The molecule has 2 heterocycles. The van der Waals surface area contributed by atoms with Crippen LogP contribution >= 0.6 is 0 Å². The number of carbonyl (C=O) groups is 1. The van der Waals surface area contributed by atoms with Gasteiger partial charge in [-0.05, 0) is 35.9 Å². The van der Waals surface area contributed by atoms with Crippen LogP contribution in [0.3, 0.4) is 0 Å². The fourth-order valence-electron chi connectivity index (χ4n) is 2.63. The Kier molecular flexibility index (Phi) is 3.07. The molecule has 0 saturated heterocycles. The van der Waals surface area contributed by atoms with Crippen molar-refractivity contribution in [2.24, 2.45) is 0 Å². The van der Waals surface area contributed by atoms with Crippen LogP contribution in [0.25, 0.3) is 6.08 Å². The summed E-state index contributed by atoms with van der Waals surface area (Å²) in [5.41, 5.74) is 2.14. The lowest BCUT2D eigenvalue weighted by molar-refractivity contribution is 0.100. The van der Waals surface area contributed by atoms with E-state index in [0.717, 1.165) is 11.3 Å². The normalized spacial score (nSPS) is 17.8. The molecule has 0 unspecified atom stereocenters. The summed E-state index contributed by atoms with van der Waals surface area (Å²) in [5, 5.41) is 0. The smallest absolute Gasteiger partial charge is 0.196 e. The van der Waals surface area contributed by atoms with Crippen molar-refractivity contribution in [2.45, 2.75) is 0 Å². The third-order valence-corrected chi connectivity index (χ3v) is 3.71. The van der Waals surface area contributed by atoms with Crippen LogP contribution in [0.15, 0.2) is 48.0 Å². The van der Waals surface area contributed by atoms with E-state index in [1.807, 2.05) is 42.5 Å². The highest BCUT2D eigenvalue weighted by Crippen LogP contribution is 2.32. The van der Waals surface area contributed by atoms with E-state index in [1.165, 1.54) is 0 Å². The summed E-state index contributed by atoms with van der Waals surface area (Å²) in [4.78, 5) is 12.5. The van der Waals surface area contributed by atoms with Crippen LogP contribution in [-0.2, 0) is 0 Å². The van der Waals surface area contributed by atoms with Crippen molar-refractivity contribution < 1.29 is 19.0 Å². The first-order valence-corrected chi connectivity index (χ1v) is 7.18. The molecule has 2 aliphatic heterocycles. The summed E-state index contributed by atoms with van der Waals surface area (Å²) >= 11 is 0. The first-order chi connectivity index (χ1) is 10.8. The molecule has 0 bridgehead atoms. The summed E-state index contributed by atoms with van der Waals surface area (Å²) < 4.78 is 16.7. The maximum absolute atomic E-state index is 12.5.